The number of fused-ring (bicyclic) bond motifs is 3. The van der Waals surface area contributed by atoms with Gasteiger partial charge in [-0.15, -0.1) is 0 Å². The summed E-state index contributed by atoms with van der Waals surface area (Å²) in [6.07, 6.45) is 2.65. The summed E-state index contributed by atoms with van der Waals surface area (Å²) in [5, 5.41) is 18.9. The summed E-state index contributed by atoms with van der Waals surface area (Å²) >= 11 is 12.5. The molecule has 242 valence electrons. The molecule has 3 aliphatic carbocycles. The van der Waals surface area contributed by atoms with E-state index in [4.69, 9.17) is 33.2 Å². The Morgan fingerprint density at radius 1 is 1.16 bits per heavy atom. The molecule has 45 heavy (non-hydrogen) atoms. The lowest BCUT2D eigenvalue weighted by atomic mass is 9.45. The Hall–Kier alpha value is -2.85. The summed E-state index contributed by atoms with van der Waals surface area (Å²) in [6, 6.07) is 11.4. The number of likely N-dealkylation sites (tertiary alicyclic amines) is 1. The standard InChI is InChI=1S/C34H45Cl2N7O2/c1-20-27-14-22(34(27,2)3)15-29(20)39-33(42-18-25(44)19-42)38-24-8-9-26-30(17-24)40-32(37-11-13-41(4)5)43(31(26)45)12-10-21-6-7-23(35)16-28(21)36/h6-9,16-17,20,22,25,27,29,44H,10-15,18-19H2,1-5H3,(H,37,40)(H,38,39)/t20-,22-,27-,29+/m1/s1. The number of likely N-dealkylation sites (N-methyl/N-ethyl adjacent to an activating group) is 1. The van der Waals surface area contributed by atoms with Crippen molar-refractivity contribution >= 4 is 51.7 Å². The molecule has 7 rings (SSSR count). The molecule has 3 saturated carbocycles. The normalized spacial score (nSPS) is 24.5. The fourth-order valence-electron chi connectivity index (χ4n) is 7.42. The molecule has 2 aromatic carbocycles. The lowest BCUT2D eigenvalue weighted by Gasteiger charge is -2.62. The molecule has 4 fully saturated rings. The van der Waals surface area contributed by atoms with Crippen molar-refractivity contribution in [1.29, 1.82) is 0 Å². The zero-order chi connectivity index (χ0) is 32.0. The highest BCUT2D eigenvalue weighted by atomic mass is 35.5. The van der Waals surface area contributed by atoms with Gasteiger partial charge in [0, 0.05) is 48.8 Å². The van der Waals surface area contributed by atoms with Crippen molar-refractivity contribution in [3.05, 3.63) is 62.4 Å². The van der Waals surface area contributed by atoms with Gasteiger partial charge in [-0.05, 0) is 92.4 Å². The number of hydrogen-bond acceptors (Lipinski definition) is 6. The van der Waals surface area contributed by atoms with Crippen LogP contribution >= 0.6 is 23.2 Å². The van der Waals surface area contributed by atoms with Gasteiger partial charge in [0.1, 0.15) is 0 Å². The summed E-state index contributed by atoms with van der Waals surface area (Å²) in [7, 11) is 4.02. The van der Waals surface area contributed by atoms with Gasteiger partial charge in [0.05, 0.1) is 22.7 Å². The molecule has 1 saturated heterocycles. The largest absolute Gasteiger partial charge is 0.389 e. The quantitative estimate of drug-likeness (QED) is 0.215. The Balaban J connectivity index is 1.30. The second-order valence-corrected chi connectivity index (χ2v) is 14.9. The first-order chi connectivity index (χ1) is 21.4. The fourth-order valence-corrected chi connectivity index (χ4v) is 7.92. The number of aliphatic imine (C=N–C) groups is 1. The Morgan fingerprint density at radius 3 is 2.60 bits per heavy atom. The van der Waals surface area contributed by atoms with E-state index in [0.29, 0.717) is 82.8 Å². The summed E-state index contributed by atoms with van der Waals surface area (Å²) in [6.45, 7) is 10.1. The first-order valence-electron chi connectivity index (χ1n) is 16.1. The second-order valence-electron chi connectivity index (χ2n) is 14.0. The van der Waals surface area contributed by atoms with Crippen LogP contribution in [0.15, 0.2) is 46.2 Å². The van der Waals surface area contributed by atoms with Gasteiger partial charge in [0.15, 0.2) is 5.96 Å². The molecule has 0 radical (unpaired) electrons. The van der Waals surface area contributed by atoms with Crippen LogP contribution in [0.5, 0.6) is 0 Å². The lowest BCUT2D eigenvalue weighted by Crippen LogP contribution is -2.64. The third-order valence-corrected chi connectivity index (χ3v) is 11.1. The van der Waals surface area contributed by atoms with Gasteiger partial charge < -0.3 is 25.5 Å². The lowest BCUT2D eigenvalue weighted by molar-refractivity contribution is -0.112. The van der Waals surface area contributed by atoms with Crippen LogP contribution in [-0.2, 0) is 13.0 Å². The van der Waals surface area contributed by atoms with E-state index in [-0.39, 0.29) is 11.7 Å². The molecule has 2 heterocycles. The number of benzene rings is 2. The van der Waals surface area contributed by atoms with Gasteiger partial charge in [-0.3, -0.25) is 9.36 Å². The van der Waals surface area contributed by atoms with Gasteiger partial charge in [-0.1, -0.05) is 50.0 Å². The molecule has 3 N–H and O–H groups in total. The summed E-state index contributed by atoms with van der Waals surface area (Å²) in [5.74, 6) is 3.27. The third-order valence-electron chi connectivity index (χ3n) is 10.5. The number of anilines is 1. The predicted molar refractivity (Wildman–Crippen MR) is 184 cm³/mol. The zero-order valence-corrected chi connectivity index (χ0v) is 28.4. The second kappa shape index (κ2) is 12.7. The fraction of sp³-hybridized carbons (Fsp3) is 0.559. The summed E-state index contributed by atoms with van der Waals surface area (Å²) in [5.41, 5.74) is 2.51. The maximum atomic E-state index is 13.9. The average Bonchev–Trinajstić information content (AvgIpc) is 2.96. The molecule has 1 aliphatic heterocycles. The highest BCUT2D eigenvalue weighted by Crippen LogP contribution is 2.61. The molecule has 11 heteroatoms. The number of guanidine groups is 1. The number of aryl methyl sites for hydroxylation is 1. The number of aliphatic hydroxyl groups is 1. The van der Waals surface area contributed by atoms with Crippen molar-refractivity contribution < 1.29 is 5.11 Å². The highest BCUT2D eigenvalue weighted by molar-refractivity contribution is 6.35. The van der Waals surface area contributed by atoms with E-state index < -0.39 is 0 Å². The average molecular weight is 655 g/mol. The molecule has 3 aromatic rings. The van der Waals surface area contributed by atoms with E-state index >= 15 is 0 Å². The van der Waals surface area contributed by atoms with Crippen LogP contribution in [0.25, 0.3) is 10.9 Å². The maximum Gasteiger partial charge on any atom is 0.262 e. The SMILES string of the molecule is C[C@H]1[C@@H](NC(=Nc2ccc3c(=O)n(CCc4ccc(Cl)cc4Cl)c(NCCN(C)C)nc3c2)N2CC(O)C2)C[C@H]2C[C@H]1C2(C)C. The van der Waals surface area contributed by atoms with Crippen molar-refractivity contribution in [3.8, 4) is 0 Å². The maximum absolute atomic E-state index is 13.9. The van der Waals surface area contributed by atoms with Gasteiger partial charge in [0.2, 0.25) is 5.95 Å². The summed E-state index contributed by atoms with van der Waals surface area (Å²) < 4.78 is 1.69. The first kappa shape index (κ1) is 32.1. The minimum atomic E-state index is -0.344. The molecule has 2 bridgehead atoms. The molecule has 4 atom stereocenters. The van der Waals surface area contributed by atoms with Crippen molar-refractivity contribution in [3.63, 3.8) is 0 Å². The Labute approximate surface area is 275 Å². The first-order valence-corrected chi connectivity index (χ1v) is 16.8. The van der Waals surface area contributed by atoms with Crippen LogP contribution in [-0.4, -0.2) is 82.8 Å². The van der Waals surface area contributed by atoms with Crippen LogP contribution in [0.2, 0.25) is 10.0 Å². The zero-order valence-electron chi connectivity index (χ0n) is 26.9. The van der Waals surface area contributed by atoms with Crippen molar-refractivity contribution in [2.45, 2.75) is 58.7 Å². The van der Waals surface area contributed by atoms with Crippen LogP contribution in [0.3, 0.4) is 0 Å². The van der Waals surface area contributed by atoms with E-state index in [1.807, 2.05) is 44.4 Å². The van der Waals surface area contributed by atoms with E-state index in [2.05, 4.69) is 41.2 Å². The van der Waals surface area contributed by atoms with E-state index in [0.717, 1.165) is 36.1 Å². The molecule has 0 amide bonds. The topological polar surface area (TPSA) is 98.0 Å². The van der Waals surface area contributed by atoms with Crippen molar-refractivity contribution in [2.75, 3.05) is 45.6 Å². The molecule has 9 nitrogen and oxygen atoms in total. The predicted octanol–water partition coefficient (Wildman–Crippen LogP) is 5.24. The third kappa shape index (κ3) is 6.55. The van der Waals surface area contributed by atoms with E-state index in [1.54, 1.807) is 10.6 Å². The number of nitrogens with one attached hydrogen (secondary N) is 2. The molecule has 0 spiro atoms. The van der Waals surface area contributed by atoms with Crippen LogP contribution in [0.1, 0.15) is 39.2 Å². The van der Waals surface area contributed by atoms with Gasteiger partial charge >= 0.3 is 0 Å². The van der Waals surface area contributed by atoms with Crippen LogP contribution in [0, 0.1) is 23.2 Å². The minimum absolute atomic E-state index is 0.116. The smallest absolute Gasteiger partial charge is 0.262 e. The number of hydrogen-bond donors (Lipinski definition) is 3. The Morgan fingerprint density at radius 2 is 1.93 bits per heavy atom. The molecular weight excluding hydrogens is 609 g/mol. The van der Waals surface area contributed by atoms with E-state index in [1.165, 1.54) is 6.42 Å². The van der Waals surface area contributed by atoms with E-state index in [9.17, 15) is 9.90 Å². The van der Waals surface area contributed by atoms with Crippen molar-refractivity contribution in [1.82, 2.24) is 24.7 Å². The number of β-amino-alcohol motifs (C(OH)–C–C–N with tert-alkyl or cyclic N) is 1. The van der Waals surface area contributed by atoms with Crippen molar-refractivity contribution in [2.24, 2.45) is 28.2 Å². The number of rotatable bonds is 9. The summed E-state index contributed by atoms with van der Waals surface area (Å²) in [4.78, 5) is 28.0. The molecule has 1 aromatic heterocycles. The van der Waals surface area contributed by atoms with Gasteiger partial charge in [-0.25, -0.2) is 9.98 Å². The monoisotopic (exact) mass is 653 g/mol. The van der Waals surface area contributed by atoms with Gasteiger partial charge in [0.25, 0.3) is 5.56 Å². The molecule has 4 aliphatic rings. The highest BCUT2D eigenvalue weighted by Gasteiger charge is 2.56. The molecular formula is C34H45Cl2N7O2. The Kier molecular flexibility index (Phi) is 9.09. The Bertz CT molecular complexity index is 1650. The number of halogens is 2. The number of aromatic nitrogens is 2. The molecule has 0 unspecified atom stereocenters. The van der Waals surface area contributed by atoms with Crippen LogP contribution < -0.4 is 16.2 Å². The number of aliphatic hydroxyl groups excluding tert-OH is 1. The number of nitrogens with zero attached hydrogens (tertiary/aromatic N) is 5. The van der Waals surface area contributed by atoms with Gasteiger partial charge in [-0.2, -0.15) is 0 Å². The van der Waals surface area contributed by atoms with Crippen LogP contribution in [0.4, 0.5) is 11.6 Å². The minimum Gasteiger partial charge on any atom is -0.389 e.